The van der Waals surface area contributed by atoms with Gasteiger partial charge in [0, 0.05) is 0 Å². The van der Waals surface area contributed by atoms with Crippen LogP contribution in [0.1, 0.15) is 17.3 Å². The lowest BCUT2D eigenvalue weighted by Crippen LogP contribution is -2.30. The largest absolute Gasteiger partial charge is 0.493 e. The Labute approximate surface area is 115 Å². The van der Waals surface area contributed by atoms with Crippen molar-refractivity contribution in [1.29, 1.82) is 0 Å². The maximum atomic E-state index is 11.9. The molecule has 1 aromatic carbocycles. The summed E-state index contributed by atoms with van der Waals surface area (Å²) >= 11 is 0. The van der Waals surface area contributed by atoms with E-state index in [1.54, 1.807) is 0 Å². The second-order valence-electron chi connectivity index (χ2n) is 4.15. The van der Waals surface area contributed by atoms with Gasteiger partial charge in [-0.1, -0.05) is 0 Å². The molecule has 7 heteroatoms. The van der Waals surface area contributed by atoms with Gasteiger partial charge in [0.2, 0.25) is 5.75 Å². The molecule has 1 aliphatic rings. The Kier molecular flexibility index (Phi) is 3.97. The van der Waals surface area contributed by atoms with E-state index in [2.05, 4.69) is 0 Å². The van der Waals surface area contributed by atoms with Crippen molar-refractivity contribution in [1.82, 2.24) is 0 Å². The van der Waals surface area contributed by atoms with Crippen molar-refractivity contribution in [2.75, 3.05) is 20.3 Å². The van der Waals surface area contributed by atoms with E-state index in [0.717, 1.165) is 0 Å². The number of methoxy groups -OCH3 is 1. The van der Waals surface area contributed by atoms with Crippen LogP contribution >= 0.6 is 0 Å². The van der Waals surface area contributed by atoms with Gasteiger partial charge in [-0.15, -0.1) is 0 Å². The van der Waals surface area contributed by atoms with Gasteiger partial charge < -0.3 is 24.7 Å². The number of hydrogen-bond acceptors (Lipinski definition) is 6. The molecule has 0 unspecified atom stereocenters. The number of ether oxygens (including phenoxy) is 4. The minimum atomic E-state index is -1.01. The average Bonchev–Trinajstić information content (AvgIpc) is 2.45. The summed E-state index contributed by atoms with van der Waals surface area (Å²) in [5.74, 6) is -0.206. The fourth-order valence-corrected chi connectivity index (χ4v) is 1.68. The second kappa shape index (κ2) is 5.68. The van der Waals surface area contributed by atoms with Gasteiger partial charge in [-0.3, -0.25) is 4.79 Å². The number of amides is 1. The van der Waals surface area contributed by atoms with Crippen LogP contribution in [-0.2, 0) is 9.53 Å². The Balaban J connectivity index is 2.28. The monoisotopic (exact) mass is 281 g/mol. The molecule has 2 rings (SSSR count). The summed E-state index contributed by atoms with van der Waals surface area (Å²) < 4.78 is 20.9. The van der Waals surface area contributed by atoms with Crippen LogP contribution in [0.15, 0.2) is 12.1 Å². The van der Waals surface area contributed by atoms with Gasteiger partial charge in [-0.25, -0.2) is 4.79 Å². The third-order valence-corrected chi connectivity index (χ3v) is 2.75. The van der Waals surface area contributed by atoms with Crippen molar-refractivity contribution in [2.45, 2.75) is 13.0 Å². The van der Waals surface area contributed by atoms with E-state index in [4.69, 9.17) is 24.7 Å². The first kappa shape index (κ1) is 14.0. The molecule has 1 aliphatic heterocycles. The minimum absolute atomic E-state index is 0.194. The average molecular weight is 281 g/mol. The summed E-state index contributed by atoms with van der Waals surface area (Å²) in [5, 5.41) is 0. The van der Waals surface area contributed by atoms with Gasteiger partial charge in [0.05, 0.1) is 12.7 Å². The number of hydrogen-bond donors (Lipinski definition) is 1. The summed E-state index contributed by atoms with van der Waals surface area (Å²) in [4.78, 5) is 22.8. The molecule has 0 aliphatic carbocycles. The molecule has 1 heterocycles. The van der Waals surface area contributed by atoms with E-state index >= 15 is 0 Å². The zero-order chi connectivity index (χ0) is 14.7. The lowest BCUT2D eigenvalue weighted by atomic mass is 10.1. The molecule has 0 saturated heterocycles. The predicted octanol–water partition coefficient (Wildman–Crippen LogP) is 0.497. The van der Waals surface area contributed by atoms with Crippen molar-refractivity contribution < 1.29 is 28.5 Å². The number of rotatable bonds is 4. The molecule has 0 aromatic heterocycles. The van der Waals surface area contributed by atoms with Gasteiger partial charge in [0.25, 0.3) is 5.91 Å². The molecule has 0 fully saturated rings. The molecular weight excluding hydrogens is 266 g/mol. The topological polar surface area (TPSA) is 97.1 Å². The van der Waals surface area contributed by atoms with Crippen molar-refractivity contribution in [2.24, 2.45) is 5.73 Å². The first-order chi connectivity index (χ1) is 9.52. The van der Waals surface area contributed by atoms with Crippen molar-refractivity contribution in [3.05, 3.63) is 17.7 Å². The molecule has 108 valence electrons. The van der Waals surface area contributed by atoms with Crippen LogP contribution in [0.5, 0.6) is 17.2 Å². The fourth-order valence-electron chi connectivity index (χ4n) is 1.68. The molecule has 0 spiro atoms. The minimum Gasteiger partial charge on any atom is -0.493 e. The Morgan fingerprint density at radius 1 is 1.30 bits per heavy atom. The highest BCUT2D eigenvalue weighted by Crippen LogP contribution is 2.40. The van der Waals surface area contributed by atoms with E-state index in [1.165, 1.54) is 26.2 Å². The zero-order valence-corrected chi connectivity index (χ0v) is 11.2. The van der Waals surface area contributed by atoms with Crippen LogP contribution < -0.4 is 19.9 Å². The van der Waals surface area contributed by atoms with Crippen LogP contribution in [0.3, 0.4) is 0 Å². The molecule has 7 nitrogen and oxygen atoms in total. The first-order valence-electron chi connectivity index (χ1n) is 6.01. The number of benzene rings is 1. The number of primary amides is 1. The molecule has 0 saturated carbocycles. The highest BCUT2D eigenvalue weighted by molar-refractivity contribution is 5.93. The molecule has 0 bridgehead atoms. The van der Waals surface area contributed by atoms with Gasteiger partial charge in [-0.05, 0) is 19.1 Å². The zero-order valence-electron chi connectivity index (χ0n) is 11.2. The molecular formula is C13H15NO6. The van der Waals surface area contributed by atoms with E-state index in [9.17, 15) is 9.59 Å². The van der Waals surface area contributed by atoms with Gasteiger partial charge in [-0.2, -0.15) is 0 Å². The van der Waals surface area contributed by atoms with Crippen LogP contribution in [0.25, 0.3) is 0 Å². The summed E-state index contributed by atoms with van der Waals surface area (Å²) in [6.07, 6.45) is -1.01. The van der Waals surface area contributed by atoms with Crippen molar-refractivity contribution in [3.8, 4) is 17.2 Å². The lowest BCUT2D eigenvalue weighted by molar-refractivity contribution is -0.125. The molecule has 1 aromatic rings. The van der Waals surface area contributed by atoms with Gasteiger partial charge in [0.15, 0.2) is 17.6 Å². The Morgan fingerprint density at radius 3 is 2.65 bits per heavy atom. The summed E-state index contributed by atoms with van der Waals surface area (Å²) in [6, 6.07) is 2.94. The van der Waals surface area contributed by atoms with Crippen molar-refractivity contribution in [3.63, 3.8) is 0 Å². The molecule has 20 heavy (non-hydrogen) atoms. The van der Waals surface area contributed by atoms with Crippen LogP contribution in [-0.4, -0.2) is 38.3 Å². The third kappa shape index (κ3) is 2.76. The highest BCUT2D eigenvalue weighted by atomic mass is 16.6. The summed E-state index contributed by atoms with van der Waals surface area (Å²) in [7, 11) is 1.45. The van der Waals surface area contributed by atoms with Crippen LogP contribution in [0.2, 0.25) is 0 Å². The predicted molar refractivity (Wildman–Crippen MR) is 68.1 cm³/mol. The molecule has 2 N–H and O–H groups in total. The van der Waals surface area contributed by atoms with Gasteiger partial charge in [0.1, 0.15) is 13.2 Å². The normalized spacial score (nSPS) is 14.3. The summed E-state index contributed by atoms with van der Waals surface area (Å²) in [6.45, 7) is 2.19. The Morgan fingerprint density at radius 2 is 2.00 bits per heavy atom. The number of esters is 1. The maximum Gasteiger partial charge on any atom is 0.339 e. The second-order valence-corrected chi connectivity index (χ2v) is 4.15. The van der Waals surface area contributed by atoms with E-state index in [1.807, 2.05) is 0 Å². The Hall–Kier alpha value is -2.44. The molecule has 1 amide bonds. The number of carbonyl (C=O) groups is 2. The SMILES string of the molecule is COc1cc(C(=O)O[C@@H](C)C(N)=O)cc2c1OCCO2. The summed E-state index contributed by atoms with van der Waals surface area (Å²) in [5.41, 5.74) is 5.24. The number of fused-ring (bicyclic) bond motifs is 1. The third-order valence-electron chi connectivity index (χ3n) is 2.75. The standard InChI is InChI=1S/C13H15NO6/c1-7(12(14)15)20-13(16)8-5-9(17-2)11-10(6-8)18-3-4-19-11/h5-7H,3-4H2,1-2H3,(H2,14,15)/t7-/m0/s1. The van der Waals surface area contributed by atoms with Crippen LogP contribution in [0, 0.1) is 0 Å². The molecule has 1 atom stereocenters. The highest BCUT2D eigenvalue weighted by Gasteiger charge is 2.23. The quantitative estimate of drug-likeness (QED) is 0.807. The smallest absolute Gasteiger partial charge is 0.339 e. The van der Waals surface area contributed by atoms with Crippen LogP contribution in [0.4, 0.5) is 0 Å². The fraction of sp³-hybridized carbons (Fsp3) is 0.385. The maximum absolute atomic E-state index is 11.9. The number of nitrogens with two attached hydrogens (primary N) is 1. The van der Waals surface area contributed by atoms with E-state index in [0.29, 0.717) is 30.5 Å². The number of carbonyl (C=O) groups excluding carboxylic acids is 2. The Bertz CT molecular complexity index is 525. The van der Waals surface area contributed by atoms with Gasteiger partial charge >= 0.3 is 5.97 Å². The molecule has 0 radical (unpaired) electrons. The lowest BCUT2D eigenvalue weighted by Gasteiger charge is -2.21. The first-order valence-corrected chi connectivity index (χ1v) is 6.01. The van der Waals surface area contributed by atoms with E-state index in [-0.39, 0.29) is 5.56 Å². The van der Waals surface area contributed by atoms with Crippen molar-refractivity contribution >= 4 is 11.9 Å². The van der Waals surface area contributed by atoms with E-state index < -0.39 is 18.0 Å².